The minimum atomic E-state index is -0.416. The molecular weight excluding hydrogens is 519 g/mol. The first kappa shape index (κ1) is 26.7. The number of rotatable bonds is 8. The highest BCUT2D eigenvalue weighted by molar-refractivity contribution is 5.96. The molecule has 0 radical (unpaired) electrons. The van der Waals surface area contributed by atoms with Gasteiger partial charge in [-0.05, 0) is 24.3 Å². The van der Waals surface area contributed by atoms with Crippen molar-refractivity contribution in [3.8, 4) is 28.5 Å². The van der Waals surface area contributed by atoms with Gasteiger partial charge in [0.25, 0.3) is 5.91 Å². The topological polar surface area (TPSA) is 111 Å². The van der Waals surface area contributed by atoms with E-state index in [0.29, 0.717) is 71.7 Å². The number of methoxy groups -OCH3 is 3. The van der Waals surface area contributed by atoms with Crippen molar-refractivity contribution in [3.05, 3.63) is 66.4 Å². The number of carbonyl (C=O) groups excluding carboxylic acids is 2. The van der Waals surface area contributed by atoms with Crippen molar-refractivity contribution in [1.29, 1.82) is 0 Å². The molecule has 1 N–H and O–H groups in total. The Morgan fingerprint density at radius 1 is 0.975 bits per heavy atom. The summed E-state index contributed by atoms with van der Waals surface area (Å²) in [6.07, 6.45) is 4.87. The number of benzene rings is 2. The number of imidazole rings is 1. The first-order chi connectivity index (χ1) is 19.4. The number of hydrogen-bond donors (Lipinski definition) is 1. The zero-order valence-corrected chi connectivity index (χ0v) is 22.4. The number of anilines is 1. The van der Waals surface area contributed by atoms with Crippen LogP contribution in [0.15, 0.2) is 55.0 Å². The van der Waals surface area contributed by atoms with E-state index in [9.17, 15) is 14.0 Å². The van der Waals surface area contributed by atoms with Gasteiger partial charge >= 0.3 is 0 Å². The van der Waals surface area contributed by atoms with Crippen LogP contribution in [0.4, 0.5) is 10.2 Å². The van der Waals surface area contributed by atoms with Crippen LogP contribution in [0, 0.1) is 5.82 Å². The number of fused-ring (bicyclic) bond motifs is 1. The number of ether oxygens (including phenoxy) is 3. The van der Waals surface area contributed by atoms with E-state index < -0.39 is 5.82 Å². The quantitative estimate of drug-likeness (QED) is 0.358. The lowest BCUT2D eigenvalue weighted by Crippen LogP contribution is -2.51. The van der Waals surface area contributed by atoms with Gasteiger partial charge in [0.15, 0.2) is 17.1 Å². The first-order valence-electron chi connectivity index (χ1n) is 12.6. The Morgan fingerprint density at radius 2 is 1.65 bits per heavy atom. The Kier molecular flexibility index (Phi) is 7.67. The molecule has 0 unspecified atom stereocenters. The van der Waals surface area contributed by atoms with Gasteiger partial charge in [0.1, 0.15) is 17.3 Å². The van der Waals surface area contributed by atoms with Crippen LogP contribution in [0.1, 0.15) is 10.4 Å². The lowest BCUT2D eigenvalue weighted by atomic mass is 10.1. The fraction of sp³-hybridized carbons (Fsp3) is 0.286. The second-order valence-electron chi connectivity index (χ2n) is 9.03. The standard InChI is InChI=1S/C28H29FN6O5/c1-38-21-14-18(15-22(39-2)26(21)40-3)28(37)34-12-10-33(11-13-34)24(36)17-31-27-25(19-6-4-5-7-20(19)29)32-23-16-30-8-9-35(23)27/h4-9,14-16,31H,10-13,17H2,1-3H3. The number of carbonyl (C=O) groups is 2. The largest absolute Gasteiger partial charge is 0.493 e. The number of amides is 2. The summed E-state index contributed by atoms with van der Waals surface area (Å²) in [6, 6.07) is 9.58. The van der Waals surface area contributed by atoms with Gasteiger partial charge in [0, 0.05) is 49.7 Å². The summed E-state index contributed by atoms with van der Waals surface area (Å²) in [4.78, 5) is 38.4. The molecule has 2 aromatic heterocycles. The van der Waals surface area contributed by atoms with Gasteiger partial charge < -0.3 is 29.3 Å². The van der Waals surface area contributed by atoms with Crippen LogP contribution in [0.5, 0.6) is 17.2 Å². The van der Waals surface area contributed by atoms with Crippen molar-refractivity contribution in [2.45, 2.75) is 0 Å². The summed E-state index contributed by atoms with van der Waals surface area (Å²) in [7, 11) is 4.49. The highest BCUT2D eigenvalue weighted by Gasteiger charge is 2.27. The minimum absolute atomic E-state index is 0.0294. The summed E-state index contributed by atoms with van der Waals surface area (Å²) in [5.74, 6) is 0.922. The molecule has 0 aliphatic carbocycles. The fourth-order valence-corrected chi connectivity index (χ4v) is 4.73. The molecule has 12 heteroatoms. The molecule has 0 spiro atoms. The van der Waals surface area contributed by atoms with E-state index in [1.54, 1.807) is 63.1 Å². The van der Waals surface area contributed by atoms with E-state index in [0.717, 1.165) is 0 Å². The zero-order chi connectivity index (χ0) is 28.2. The molecule has 1 aliphatic rings. The molecule has 11 nitrogen and oxygen atoms in total. The van der Waals surface area contributed by atoms with Crippen LogP contribution in [-0.2, 0) is 4.79 Å². The van der Waals surface area contributed by atoms with Gasteiger partial charge in [-0.1, -0.05) is 12.1 Å². The van der Waals surface area contributed by atoms with Gasteiger partial charge in [-0.15, -0.1) is 0 Å². The number of aromatic nitrogens is 3. The van der Waals surface area contributed by atoms with Crippen LogP contribution < -0.4 is 19.5 Å². The molecule has 1 saturated heterocycles. The zero-order valence-electron chi connectivity index (χ0n) is 22.4. The third-order valence-electron chi connectivity index (χ3n) is 6.80. The monoisotopic (exact) mass is 548 g/mol. The molecule has 3 heterocycles. The molecule has 2 amide bonds. The smallest absolute Gasteiger partial charge is 0.254 e. The second kappa shape index (κ2) is 11.5. The molecule has 1 fully saturated rings. The van der Waals surface area contributed by atoms with Crippen molar-refractivity contribution in [1.82, 2.24) is 24.2 Å². The number of halogens is 1. The van der Waals surface area contributed by atoms with Crippen LogP contribution in [0.3, 0.4) is 0 Å². The van der Waals surface area contributed by atoms with E-state index in [2.05, 4.69) is 15.3 Å². The highest BCUT2D eigenvalue weighted by atomic mass is 19.1. The molecule has 208 valence electrons. The van der Waals surface area contributed by atoms with Crippen molar-refractivity contribution >= 4 is 23.3 Å². The summed E-state index contributed by atoms with van der Waals surface area (Å²) in [6.45, 7) is 1.44. The van der Waals surface area contributed by atoms with Gasteiger partial charge in [-0.3, -0.25) is 19.0 Å². The normalized spacial score (nSPS) is 13.3. The van der Waals surface area contributed by atoms with Crippen molar-refractivity contribution in [3.63, 3.8) is 0 Å². The predicted octanol–water partition coefficient (Wildman–Crippen LogP) is 2.96. The van der Waals surface area contributed by atoms with E-state index in [-0.39, 0.29) is 18.4 Å². The molecule has 0 bridgehead atoms. The summed E-state index contributed by atoms with van der Waals surface area (Å²) >= 11 is 0. The Morgan fingerprint density at radius 3 is 2.30 bits per heavy atom. The van der Waals surface area contributed by atoms with Crippen molar-refractivity contribution in [2.24, 2.45) is 0 Å². The molecular formula is C28H29FN6O5. The lowest BCUT2D eigenvalue weighted by Gasteiger charge is -2.35. The molecule has 2 aromatic carbocycles. The van der Waals surface area contributed by atoms with Crippen molar-refractivity contribution in [2.75, 3.05) is 59.4 Å². The molecule has 4 aromatic rings. The third kappa shape index (κ3) is 5.07. The lowest BCUT2D eigenvalue weighted by molar-refractivity contribution is -0.130. The first-order valence-corrected chi connectivity index (χ1v) is 12.6. The summed E-state index contributed by atoms with van der Waals surface area (Å²) < 4.78 is 32.4. The maximum absolute atomic E-state index is 14.6. The third-order valence-corrected chi connectivity index (χ3v) is 6.80. The highest BCUT2D eigenvalue weighted by Crippen LogP contribution is 2.38. The van der Waals surface area contributed by atoms with Crippen LogP contribution in [0.2, 0.25) is 0 Å². The molecule has 0 atom stereocenters. The van der Waals surface area contributed by atoms with Gasteiger partial charge in [-0.25, -0.2) is 9.37 Å². The predicted molar refractivity (Wildman–Crippen MR) is 145 cm³/mol. The molecule has 40 heavy (non-hydrogen) atoms. The van der Waals surface area contributed by atoms with E-state index >= 15 is 0 Å². The van der Waals surface area contributed by atoms with Crippen LogP contribution in [0.25, 0.3) is 16.9 Å². The van der Waals surface area contributed by atoms with Gasteiger partial charge in [0.05, 0.1) is 34.1 Å². The van der Waals surface area contributed by atoms with Crippen LogP contribution >= 0.6 is 0 Å². The Hall–Kier alpha value is -4.87. The van der Waals surface area contributed by atoms with E-state index in [1.807, 2.05) is 0 Å². The number of nitrogens with zero attached hydrogens (tertiary/aromatic N) is 5. The fourth-order valence-electron chi connectivity index (χ4n) is 4.73. The van der Waals surface area contributed by atoms with E-state index in [1.165, 1.54) is 27.4 Å². The summed E-state index contributed by atoms with van der Waals surface area (Å²) in [5, 5.41) is 3.15. The Labute approximate surface area is 230 Å². The second-order valence-corrected chi connectivity index (χ2v) is 9.03. The molecule has 0 saturated carbocycles. The van der Waals surface area contributed by atoms with Crippen LogP contribution in [-0.4, -0.2) is 90.0 Å². The van der Waals surface area contributed by atoms with Gasteiger partial charge in [0.2, 0.25) is 11.7 Å². The average Bonchev–Trinajstić information content (AvgIpc) is 3.37. The number of nitrogens with one attached hydrogen (secondary N) is 1. The maximum Gasteiger partial charge on any atom is 0.254 e. The SMILES string of the molecule is COc1cc(C(=O)N2CCN(C(=O)CNc3c(-c4ccccc4F)nc4cnccn34)CC2)cc(OC)c1OC. The maximum atomic E-state index is 14.6. The average molecular weight is 549 g/mol. The Balaban J connectivity index is 1.26. The minimum Gasteiger partial charge on any atom is -0.493 e. The van der Waals surface area contributed by atoms with Crippen molar-refractivity contribution < 1.29 is 28.2 Å². The molecule has 1 aliphatic heterocycles. The molecule has 5 rings (SSSR count). The van der Waals surface area contributed by atoms with E-state index in [4.69, 9.17) is 14.2 Å². The Bertz CT molecular complexity index is 1520. The number of piperazine rings is 1. The summed E-state index contributed by atoms with van der Waals surface area (Å²) in [5.41, 5.74) is 1.63. The number of hydrogen-bond acceptors (Lipinski definition) is 8. The van der Waals surface area contributed by atoms with Gasteiger partial charge in [-0.2, -0.15) is 0 Å².